The second kappa shape index (κ2) is 11.5. The maximum Gasteiger partial charge on any atom is 0.338 e. The topological polar surface area (TPSA) is 61.9 Å². The van der Waals surface area contributed by atoms with Gasteiger partial charge in [0.05, 0.1) is 5.56 Å². The van der Waals surface area contributed by atoms with Crippen LogP contribution in [-0.4, -0.2) is 56.1 Å². The van der Waals surface area contributed by atoms with Crippen LogP contribution in [0.3, 0.4) is 0 Å². The number of hydrogen-bond acceptors (Lipinski definition) is 5. The summed E-state index contributed by atoms with van der Waals surface area (Å²) in [5, 5.41) is 2.78. The van der Waals surface area contributed by atoms with E-state index in [1.165, 1.54) is 5.56 Å². The molecule has 6 heteroatoms. The molecule has 1 heterocycles. The lowest BCUT2D eigenvalue weighted by Crippen LogP contribution is -2.46. The first-order valence-electron chi connectivity index (χ1n) is 11.2. The number of benzene rings is 2. The summed E-state index contributed by atoms with van der Waals surface area (Å²) in [6.07, 6.45) is 3.26. The highest BCUT2D eigenvalue weighted by Crippen LogP contribution is 2.19. The van der Waals surface area contributed by atoms with E-state index in [0.717, 1.165) is 57.7 Å². The Hall–Kier alpha value is -2.86. The molecule has 0 unspecified atom stereocenters. The Morgan fingerprint density at radius 2 is 1.61 bits per heavy atom. The van der Waals surface area contributed by atoms with Gasteiger partial charge in [-0.25, -0.2) is 4.79 Å². The van der Waals surface area contributed by atoms with Gasteiger partial charge in [0.25, 0.3) is 5.91 Å². The molecule has 0 bridgehead atoms. The number of likely N-dealkylation sites (N-methyl/N-ethyl adjacent to an activating group) is 1. The van der Waals surface area contributed by atoms with Gasteiger partial charge < -0.3 is 19.9 Å². The number of unbranched alkanes of at least 4 members (excludes halogenated alkanes) is 1. The molecular formula is C25H33N3O3. The number of anilines is 2. The number of nitrogens with zero attached hydrogens (tertiary/aromatic N) is 2. The predicted octanol–water partition coefficient (Wildman–Crippen LogP) is 3.97. The average Bonchev–Trinajstić information content (AvgIpc) is 2.82. The molecule has 1 aliphatic rings. The summed E-state index contributed by atoms with van der Waals surface area (Å²) in [4.78, 5) is 29.1. The minimum absolute atomic E-state index is 0.308. The van der Waals surface area contributed by atoms with Crippen molar-refractivity contribution in [3.63, 3.8) is 0 Å². The van der Waals surface area contributed by atoms with Gasteiger partial charge in [-0.15, -0.1) is 0 Å². The molecule has 1 N–H and O–H groups in total. The monoisotopic (exact) mass is 423 g/mol. The van der Waals surface area contributed by atoms with Gasteiger partial charge in [-0.3, -0.25) is 4.79 Å². The smallest absolute Gasteiger partial charge is 0.338 e. The Morgan fingerprint density at radius 3 is 2.23 bits per heavy atom. The molecule has 1 fully saturated rings. The van der Waals surface area contributed by atoms with Gasteiger partial charge in [0.2, 0.25) is 0 Å². The standard InChI is InChI=1S/C25H33N3O3/c1-3-5-6-20-7-9-21(10-8-20)25(30)31-19-24(29)26-22-11-13-23(14-12-22)28-17-15-27(4-2)16-18-28/h7-14H,3-6,15-19H2,1-2H3,(H,26,29). The molecule has 0 atom stereocenters. The number of ether oxygens (including phenoxy) is 1. The number of hydrogen-bond donors (Lipinski definition) is 1. The maximum absolute atomic E-state index is 12.2. The SMILES string of the molecule is CCCCc1ccc(C(=O)OCC(=O)Nc2ccc(N3CCN(CC)CC3)cc2)cc1. The van der Waals surface area contributed by atoms with Crippen LogP contribution in [0.2, 0.25) is 0 Å². The van der Waals surface area contributed by atoms with E-state index in [4.69, 9.17) is 4.74 Å². The number of rotatable bonds is 9. The molecule has 0 radical (unpaired) electrons. The highest BCUT2D eigenvalue weighted by Gasteiger charge is 2.16. The minimum Gasteiger partial charge on any atom is -0.452 e. The van der Waals surface area contributed by atoms with Crippen LogP contribution in [0, 0.1) is 0 Å². The van der Waals surface area contributed by atoms with Crippen LogP contribution in [0.4, 0.5) is 11.4 Å². The normalized spacial score (nSPS) is 14.3. The van der Waals surface area contributed by atoms with Crippen LogP contribution in [0.25, 0.3) is 0 Å². The van der Waals surface area contributed by atoms with Crippen molar-refractivity contribution in [2.75, 3.05) is 49.5 Å². The molecule has 166 valence electrons. The van der Waals surface area contributed by atoms with Crippen LogP contribution in [0.5, 0.6) is 0 Å². The van der Waals surface area contributed by atoms with Gasteiger partial charge in [0, 0.05) is 37.6 Å². The van der Waals surface area contributed by atoms with Crippen molar-refractivity contribution >= 4 is 23.3 Å². The summed E-state index contributed by atoms with van der Waals surface area (Å²) in [6, 6.07) is 15.2. The largest absolute Gasteiger partial charge is 0.452 e. The van der Waals surface area contributed by atoms with Crippen LogP contribution >= 0.6 is 0 Å². The molecule has 1 saturated heterocycles. The van der Waals surface area contributed by atoms with Crippen molar-refractivity contribution in [1.82, 2.24) is 4.90 Å². The molecular weight excluding hydrogens is 390 g/mol. The van der Waals surface area contributed by atoms with Crippen molar-refractivity contribution in [3.8, 4) is 0 Å². The number of carbonyl (C=O) groups is 2. The lowest BCUT2D eigenvalue weighted by molar-refractivity contribution is -0.119. The third-order valence-corrected chi connectivity index (χ3v) is 5.68. The zero-order valence-electron chi connectivity index (χ0n) is 18.6. The van der Waals surface area contributed by atoms with E-state index >= 15 is 0 Å². The van der Waals surface area contributed by atoms with E-state index in [1.54, 1.807) is 12.1 Å². The number of amides is 1. The second-order valence-corrected chi connectivity index (χ2v) is 7.89. The quantitative estimate of drug-likeness (QED) is 0.619. The van der Waals surface area contributed by atoms with Gasteiger partial charge >= 0.3 is 5.97 Å². The van der Waals surface area contributed by atoms with Gasteiger partial charge in [-0.2, -0.15) is 0 Å². The molecule has 0 aliphatic carbocycles. The average molecular weight is 424 g/mol. The van der Waals surface area contributed by atoms with Gasteiger partial charge in [-0.05, 0) is 61.3 Å². The predicted molar refractivity (Wildman–Crippen MR) is 125 cm³/mol. The summed E-state index contributed by atoms with van der Waals surface area (Å²) in [5.41, 5.74) is 3.51. The fraction of sp³-hybridized carbons (Fsp3) is 0.440. The van der Waals surface area contributed by atoms with Gasteiger partial charge in [0.1, 0.15) is 0 Å². The molecule has 31 heavy (non-hydrogen) atoms. The third-order valence-electron chi connectivity index (χ3n) is 5.68. The fourth-order valence-corrected chi connectivity index (χ4v) is 3.68. The Labute approximate surface area is 185 Å². The first kappa shape index (κ1) is 22.8. The van der Waals surface area contributed by atoms with E-state index in [1.807, 2.05) is 36.4 Å². The first-order chi connectivity index (χ1) is 15.1. The fourth-order valence-electron chi connectivity index (χ4n) is 3.68. The Bertz CT molecular complexity index is 841. The molecule has 3 rings (SSSR count). The van der Waals surface area contributed by atoms with E-state index < -0.39 is 5.97 Å². The van der Waals surface area contributed by atoms with E-state index in [9.17, 15) is 9.59 Å². The van der Waals surface area contributed by atoms with E-state index in [-0.39, 0.29) is 12.5 Å². The number of carbonyl (C=O) groups excluding carboxylic acids is 2. The molecule has 6 nitrogen and oxygen atoms in total. The van der Waals surface area contributed by atoms with E-state index in [0.29, 0.717) is 11.3 Å². The van der Waals surface area contributed by atoms with Crippen LogP contribution in [-0.2, 0) is 16.0 Å². The lowest BCUT2D eigenvalue weighted by atomic mass is 10.1. The lowest BCUT2D eigenvalue weighted by Gasteiger charge is -2.35. The van der Waals surface area contributed by atoms with Crippen molar-refractivity contribution in [2.45, 2.75) is 33.1 Å². The van der Waals surface area contributed by atoms with Gasteiger partial charge in [-0.1, -0.05) is 32.4 Å². The number of aryl methyl sites for hydroxylation is 1. The Kier molecular flexibility index (Phi) is 8.47. The first-order valence-corrected chi connectivity index (χ1v) is 11.2. The molecule has 0 aromatic heterocycles. The highest BCUT2D eigenvalue weighted by molar-refractivity contribution is 5.95. The number of piperazine rings is 1. The van der Waals surface area contributed by atoms with Crippen molar-refractivity contribution in [1.29, 1.82) is 0 Å². The van der Waals surface area contributed by atoms with Gasteiger partial charge in [0.15, 0.2) is 6.61 Å². The maximum atomic E-state index is 12.2. The molecule has 0 spiro atoms. The van der Waals surface area contributed by atoms with Crippen molar-refractivity contribution < 1.29 is 14.3 Å². The summed E-state index contributed by atoms with van der Waals surface area (Å²) in [6.45, 7) is 9.28. The van der Waals surface area contributed by atoms with Crippen molar-refractivity contribution in [2.24, 2.45) is 0 Å². The summed E-state index contributed by atoms with van der Waals surface area (Å²) < 4.78 is 5.16. The third kappa shape index (κ3) is 6.82. The van der Waals surface area contributed by atoms with Crippen LogP contribution in [0.1, 0.15) is 42.6 Å². The molecule has 2 aromatic carbocycles. The summed E-state index contributed by atoms with van der Waals surface area (Å²) in [5.74, 6) is -0.837. The molecule has 1 amide bonds. The molecule has 0 saturated carbocycles. The highest BCUT2D eigenvalue weighted by atomic mass is 16.5. The van der Waals surface area contributed by atoms with Crippen LogP contribution < -0.4 is 10.2 Å². The number of esters is 1. The summed E-state index contributed by atoms with van der Waals surface area (Å²) >= 11 is 0. The second-order valence-electron chi connectivity index (χ2n) is 7.89. The molecule has 1 aliphatic heterocycles. The summed E-state index contributed by atoms with van der Waals surface area (Å²) in [7, 11) is 0. The van der Waals surface area contributed by atoms with Crippen molar-refractivity contribution in [3.05, 3.63) is 59.7 Å². The number of nitrogens with one attached hydrogen (secondary N) is 1. The zero-order valence-corrected chi connectivity index (χ0v) is 18.6. The van der Waals surface area contributed by atoms with Crippen LogP contribution in [0.15, 0.2) is 48.5 Å². The Balaban J connectivity index is 1.43. The van der Waals surface area contributed by atoms with E-state index in [2.05, 4.69) is 29.0 Å². The minimum atomic E-state index is -0.487. The molecule has 2 aromatic rings. The zero-order chi connectivity index (χ0) is 22.1. The Morgan fingerprint density at radius 1 is 0.935 bits per heavy atom.